The number of pyridine rings is 1. The molecule has 24 heavy (non-hydrogen) atoms. The van der Waals surface area contributed by atoms with Crippen molar-refractivity contribution in [3.63, 3.8) is 0 Å². The number of benzene rings is 1. The van der Waals surface area contributed by atoms with E-state index in [1.54, 1.807) is 6.07 Å². The van der Waals surface area contributed by atoms with Gasteiger partial charge in [0.25, 0.3) is 0 Å². The maximum absolute atomic E-state index is 13.2. The Morgan fingerprint density at radius 3 is 2.79 bits per heavy atom. The summed E-state index contributed by atoms with van der Waals surface area (Å²) in [5, 5.41) is 8.73. The molecular weight excluding hydrogens is 345 g/mol. The average Bonchev–Trinajstić information content (AvgIpc) is 3.01. The Balaban J connectivity index is 2.11. The molecule has 0 radical (unpaired) electrons. The van der Waals surface area contributed by atoms with E-state index in [4.69, 9.17) is 11.6 Å². The van der Waals surface area contributed by atoms with E-state index < -0.39 is 22.7 Å². The minimum atomic E-state index is -4.62. The number of rotatable bonds is 3. The number of alkyl halides is 4. The van der Waals surface area contributed by atoms with Gasteiger partial charge in [0.05, 0.1) is 17.5 Å². The van der Waals surface area contributed by atoms with Gasteiger partial charge in [0, 0.05) is 35.2 Å². The van der Waals surface area contributed by atoms with Crippen LogP contribution in [0.1, 0.15) is 18.4 Å². The molecule has 0 bridgehead atoms. The molecule has 0 aliphatic carbocycles. The summed E-state index contributed by atoms with van der Waals surface area (Å²) < 4.78 is 39.7. The number of halogens is 4. The summed E-state index contributed by atoms with van der Waals surface area (Å²) in [6, 6.07) is 5.00. The van der Waals surface area contributed by atoms with E-state index in [-0.39, 0.29) is 23.6 Å². The highest BCUT2D eigenvalue weighted by Crippen LogP contribution is 2.36. The van der Waals surface area contributed by atoms with Crippen molar-refractivity contribution >= 4 is 28.2 Å². The van der Waals surface area contributed by atoms with Crippen molar-refractivity contribution < 1.29 is 18.3 Å². The predicted molar refractivity (Wildman–Crippen MR) is 86.7 cm³/mol. The van der Waals surface area contributed by atoms with Gasteiger partial charge in [-0.05, 0) is 31.0 Å². The molecule has 0 amide bonds. The summed E-state index contributed by atoms with van der Waals surface area (Å²) >= 11 is 6.14. The monoisotopic (exact) mass is 360 g/mol. The van der Waals surface area contributed by atoms with Crippen molar-refractivity contribution in [2.24, 2.45) is 0 Å². The summed E-state index contributed by atoms with van der Waals surface area (Å²) in [5.74, 6) is 0. The molecule has 3 rings (SSSR count). The highest BCUT2D eigenvalue weighted by atomic mass is 35.5. The third-order valence-corrected chi connectivity index (χ3v) is 4.78. The maximum Gasteiger partial charge on any atom is 0.417 e. The van der Waals surface area contributed by atoms with E-state index in [1.807, 2.05) is 4.90 Å². The second kappa shape index (κ2) is 6.29. The fourth-order valence-electron chi connectivity index (χ4n) is 3.27. The molecule has 130 valence electrons. The molecule has 1 aliphatic rings. The molecule has 1 aliphatic heterocycles. The Kier molecular flexibility index (Phi) is 4.48. The first-order valence-electron chi connectivity index (χ1n) is 7.57. The van der Waals surface area contributed by atoms with Gasteiger partial charge in [-0.3, -0.25) is 4.79 Å². The van der Waals surface area contributed by atoms with E-state index in [9.17, 15) is 23.1 Å². The van der Waals surface area contributed by atoms with Gasteiger partial charge >= 0.3 is 6.18 Å². The lowest BCUT2D eigenvalue weighted by Gasteiger charge is -2.29. The number of nitrogens with one attached hydrogen (secondary N) is 1. The number of hydrogen-bond acceptors (Lipinski definition) is 3. The van der Waals surface area contributed by atoms with Crippen molar-refractivity contribution in [1.29, 1.82) is 0 Å². The van der Waals surface area contributed by atoms with Gasteiger partial charge in [0.2, 0.25) is 5.56 Å². The molecule has 0 spiro atoms. The van der Waals surface area contributed by atoms with Crippen LogP contribution in [0.4, 0.5) is 18.9 Å². The van der Waals surface area contributed by atoms with Crippen molar-refractivity contribution in [3.8, 4) is 0 Å². The molecule has 2 N–H and O–H groups in total. The van der Waals surface area contributed by atoms with Crippen LogP contribution in [0.2, 0.25) is 0 Å². The number of nitrogens with zero attached hydrogens (tertiary/aromatic N) is 1. The van der Waals surface area contributed by atoms with E-state index in [1.165, 1.54) is 12.1 Å². The van der Waals surface area contributed by atoms with Crippen LogP contribution in [0.5, 0.6) is 0 Å². The number of aliphatic hydroxyl groups is 1. The van der Waals surface area contributed by atoms with Crippen LogP contribution >= 0.6 is 11.6 Å². The number of aromatic amines is 1. The molecule has 2 aromatic rings. The first-order chi connectivity index (χ1) is 11.3. The lowest BCUT2D eigenvalue weighted by atomic mass is 10.1. The first-order valence-corrected chi connectivity index (χ1v) is 8.01. The Bertz CT molecular complexity index is 806. The quantitative estimate of drug-likeness (QED) is 0.827. The largest absolute Gasteiger partial charge is 0.417 e. The van der Waals surface area contributed by atoms with Gasteiger partial charge in [-0.1, -0.05) is 0 Å². The second-order valence-corrected chi connectivity index (χ2v) is 6.44. The Labute approximate surface area is 140 Å². The van der Waals surface area contributed by atoms with Crippen LogP contribution in [-0.4, -0.2) is 34.7 Å². The van der Waals surface area contributed by atoms with Crippen LogP contribution in [0.25, 0.3) is 10.9 Å². The summed E-state index contributed by atoms with van der Waals surface area (Å²) in [6.45, 7) is 0.460. The Morgan fingerprint density at radius 2 is 2.12 bits per heavy atom. The molecule has 1 fully saturated rings. The highest BCUT2D eigenvalue weighted by molar-refractivity contribution is 6.21. The van der Waals surface area contributed by atoms with E-state index in [0.29, 0.717) is 18.3 Å². The minimum absolute atomic E-state index is 0.0552. The lowest BCUT2D eigenvalue weighted by Crippen LogP contribution is -2.38. The molecule has 0 saturated carbocycles. The third-order valence-electron chi connectivity index (χ3n) is 4.35. The Morgan fingerprint density at radius 1 is 1.38 bits per heavy atom. The van der Waals surface area contributed by atoms with Crippen LogP contribution in [-0.2, 0) is 6.18 Å². The molecule has 1 saturated heterocycles. The van der Waals surface area contributed by atoms with Crippen molar-refractivity contribution in [3.05, 3.63) is 40.2 Å². The highest BCUT2D eigenvalue weighted by Gasteiger charge is 2.34. The summed E-state index contributed by atoms with van der Waals surface area (Å²) in [6.07, 6.45) is -3.00. The van der Waals surface area contributed by atoms with Gasteiger partial charge in [-0.25, -0.2) is 0 Å². The van der Waals surface area contributed by atoms with Crippen LogP contribution < -0.4 is 10.5 Å². The predicted octanol–water partition coefficient (Wildman–Crippen LogP) is 3.12. The molecule has 4 nitrogen and oxygen atoms in total. The molecule has 1 aromatic heterocycles. The molecule has 1 aromatic carbocycles. The normalized spacial score (nSPS) is 19.9. The minimum Gasteiger partial charge on any atom is -0.395 e. The molecule has 1 unspecified atom stereocenters. The van der Waals surface area contributed by atoms with Gasteiger partial charge in [0.15, 0.2) is 0 Å². The third kappa shape index (κ3) is 3.10. The first kappa shape index (κ1) is 17.1. The smallest absolute Gasteiger partial charge is 0.395 e. The fraction of sp³-hybridized carbons (Fsp3) is 0.438. The van der Waals surface area contributed by atoms with Crippen LogP contribution in [0.3, 0.4) is 0 Å². The average molecular weight is 361 g/mol. The van der Waals surface area contributed by atoms with Crippen molar-refractivity contribution in [1.82, 2.24) is 4.98 Å². The van der Waals surface area contributed by atoms with Gasteiger partial charge < -0.3 is 15.0 Å². The Hall–Kier alpha value is -1.73. The summed E-state index contributed by atoms with van der Waals surface area (Å²) in [5.41, 5.74) is -1.01. The van der Waals surface area contributed by atoms with Crippen molar-refractivity contribution in [2.45, 2.75) is 30.4 Å². The van der Waals surface area contributed by atoms with E-state index in [0.717, 1.165) is 12.8 Å². The summed E-state index contributed by atoms with van der Waals surface area (Å²) in [4.78, 5) is 15.8. The lowest BCUT2D eigenvalue weighted by molar-refractivity contribution is -0.136. The summed E-state index contributed by atoms with van der Waals surface area (Å²) in [7, 11) is 0. The number of hydrogen-bond donors (Lipinski definition) is 2. The fourth-order valence-corrected chi connectivity index (χ4v) is 3.53. The van der Waals surface area contributed by atoms with Crippen LogP contribution in [0, 0.1) is 0 Å². The molecule has 2 atom stereocenters. The number of anilines is 1. The zero-order chi connectivity index (χ0) is 17.5. The number of aromatic nitrogens is 1. The zero-order valence-electron chi connectivity index (χ0n) is 12.6. The van der Waals surface area contributed by atoms with Crippen molar-refractivity contribution in [2.75, 3.05) is 18.1 Å². The van der Waals surface area contributed by atoms with Crippen LogP contribution in [0.15, 0.2) is 29.1 Å². The van der Waals surface area contributed by atoms with Gasteiger partial charge in [-0.15, -0.1) is 11.6 Å². The number of fused-ring (bicyclic) bond motifs is 1. The van der Waals surface area contributed by atoms with E-state index >= 15 is 0 Å². The standard InChI is InChI=1S/C16H16ClF3N2O2/c17-12(8-23)14-2-1-5-22(14)9-3-4-13-10(6-9)11(16(18,19)20)7-15(24)21-13/h3-4,6-7,12,14,23H,1-2,5,8H2,(H,21,24)/t12-,14?/m0/s1. The van der Waals surface area contributed by atoms with E-state index in [2.05, 4.69) is 4.98 Å². The number of H-pyrrole nitrogens is 1. The maximum atomic E-state index is 13.2. The van der Waals surface area contributed by atoms with Gasteiger partial charge in [-0.2, -0.15) is 13.2 Å². The SMILES string of the molecule is O=c1cc(C(F)(F)F)c2cc(N3CCCC3[C@@H](Cl)CO)ccc2[nH]1. The topological polar surface area (TPSA) is 56.3 Å². The molecule has 8 heteroatoms. The number of aliphatic hydroxyl groups excluding tert-OH is 1. The zero-order valence-corrected chi connectivity index (χ0v) is 13.4. The molecule has 2 heterocycles. The molecular formula is C16H16ClF3N2O2. The van der Waals surface area contributed by atoms with Gasteiger partial charge in [0.1, 0.15) is 0 Å². The second-order valence-electron chi connectivity index (χ2n) is 5.88.